The molecule has 0 aromatic carbocycles. The van der Waals surface area contributed by atoms with Gasteiger partial charge in [0.05, 0.1) is 6.61 Å². The second kappa shape index (κ2) is 12.1. The Labute approximate surface area is 101 Å². The third-order valence-corrected chi connectivity index (χ3v) is 1.07. The molecule has 0 bridgehead atoms. The molecule has 0 aromatic rings. The molecule has 13 heavy (non-hydrogen) atoms. The number of hydrogen-bond acceptors (Lipinski definition) is 4. The van der Waals surface area contributed by atoms with E-state index in [1.807, 2.05) is 0 Å². The molecule has 1 N–H and O–H groups in total. The number of carbonyl (C=O) groups is 1. The van der Waals surface area contributed by atoms with Crippen molar-refractivity contribution >= 4 is 46.5 Å². The van der Waals surface area contributed by atoms with Crippen molar-refractivity contribution in [2.75, 3.05) is 6.61 Å². The van der Waals surface area contributed by atoms with Crippen LogP contribution in [0.3, 0.4) is 0 Å². The van der Waals surface area contributed by atoms with Crippen molar-refractivity contribution in [1.82, 2.24) is 0 Å². The minimum atomic E-state index is -2.60. The van der Waals surface area contributed by atoms with Gasteiger partial charge in [-0.3, -0.25) is 4.18 Å². The predicted octanol–water partition coefficient (Wildman–Crippen LogP) is -0.452. The van der Waals surface area contributed by atoms with Gasteiger partial charge < -0.3 is 5.11 Å². The molecule has 0 atom stereocenters. The molecule has 0 aliphatic carbocycles. The molecule has 5 nitrogen and oxygen atoms in total. The summed E-state index contributed by atoms with van der Waals surface area (Å²) in [6, 6.07) is 0. The van der Waals surface area contributed by atoms with Gasteiger partial charge in [0.1, 0.15) is 0 Å². The Morgan fingerprint density at radius 3 is 1.85 bits per heavy atom. The Kier molecular flexibility index (Phi) is 17.5. The van der Waals surface area contributed by atoms with Gasteiger partial charge in [-0.1, -0.05) is 6.58 Å². The van der Waals surface area contributed by atoms with E-state index in [0.29, 0.717) is 0 Å². The summed E-state index contributed by atoms with van der Waals surface area (Å²) in [5.41, 5.74) is 0.176. The molecule has 0 saturated heterocycles. The zero-order valence-corrected chi connectivity index (χ0v) is 7.84. The average molecular weight is 220 g/mol. The second-order valence-electron chi connectivity index (χ2n) is 1.73. The summed E-state index contributed by atoms with van der Waals surface area (Å²) in [5, 5.41) is 7.89. The zero-order chi connectivity index (χ0) is 10.1. The number of thiol groups is 1. The van der Waals surface area contributed by atoms with E-state index in [-0.39, 0.29) is 41.7 Å². The summed E-state index contributed by atoms with van der Waals surface area (Å²) in [7, 11) is -2.60. The van der Waals surface area contributed by atoms with Crippen LogP contribution >= 0.6 is 0 Å². The fourth-order valence-electron chi connectivity index (χ4n) is 0.105. The van der Waals surface area contributed by atoms with Crippen molar-refractivity contribution in [3.05, 3.63) is 12.2 Å². The Morgan fingerprint density at radius 1 is 1.54 bits per heavy atom. The summed E-state index contributed by atoms with van der Waals surface area (Å²) in [6.07, 6.45) is 0. The van der Waals surface area contributed by atoms with Crippen molar-refractivity contribution in [2.45, 2.75) is 13.8 Å². The molecular weight excluding hydrogens is 207 g/mol. The Hall–Kier alpha value is 0.120. The fourth-order valence-corrected chi connectivity index (χ4v) is 0.316. The van der Waals surface area contributed by atoms with Gasteiger partial charge in [0.2, 0.25) is 0 Å². The van der Waals surface area contributed by atoms with E-state index in [1.54, 1.807) is 6.92 Å². The molecule has 0 unspecified atom stereocenters. The first-order chi connectivity index (χ1) is 5.41. The standard InChI is InChI=1S/C4H6O2.C2H6O3S.Na.H/c1-3(2)4(5)6;1-2-5-6(3)4;;/h1H2,2H3,(H,5,6);6H,2H2,1H3;;. The molecule has 0 amide bonds. The number of carboxylic acids is 1. The van der Waals surface area contributed by atoms with Gasteiger partial charge >= 0.3 is 35.5 Å². The fraction of sp³-hybridized carbons (Fsp3) is 0.500. The topological polar surface area (TPSA) is 80.7 Å². The van der Waals surface area contributed by atoms with Gasteiger partial charge in [0.15, 0.2) is 0 Å². The summed E-state index contributed by atoms with van der Waals surface area (Å²) in [6.45, 7) is 6.45. The number of carboxylic acid groups (broad SMARTS) is 1. The van der Waals surface area contributed by atoms with Crippen molar-refractivity contribution in [3.63, 3.8) is 0 Å². The van der Waals surface area contributed by atoms with Crippen molar-refractivity contribution < 1.29 is 22.5 Å². The molecule has 0 aromatic heterocycles. The van der Waals surface area contributed by atoms with Crippen LogP contribution in [0.2, 0.25) is 0 Å². The normalized spacial score (nSPS) is 7.92. The maximum absolute atomic E-state index is 9.60. The van der Waals surface area contributed by atoms with Crippen LogP contribution in [0.5, 0.6) is 0 Å². The van der Waals surface area contributed by atoms with Crippen LogP contribution in [-0.4, -0.2) is 55.7 Å². The molecule has 0 fully saturated rings. The van der Waals surface area contributed by atoms with Crippen LogP contribution in [0.25, 0.3) is 0 Å². The first-order valence-electron chi connectivity index (χ1n) is 3.07. The molecule has 74 valence electrons. The first kappa shape index (κ1) is 18.8. The van der Waals surface area contributed by atoms with Gasteiger partial charge in [-0.15, -0.1) is 0 Å². The van der Waals surface area contributed by atoms with Gasteiger partial charge in [0, 0.05) is 5.57 Å². The van der Waals surface area contributed by atoms with E-state index in [9.17, 15) is 13.2 Å². The third kappa shape index (κ3) is 24.5. The summed E-state index contributed by atoms with van der Waals surface area (Å²) < 4.78 is 22.8. The Balaban J connectivity index is -0.000000143. The van der Waals surface area contributed by atoms with E-state index in [2.05, 4.69) is 10.8 Å². The summed E-state index contributed by atoms with van der Waals surface area (Å²) >= 11 is 0. The number of rotatable bonds is 3. The second-order valence-corrected chi connectivity index (χ2v) is 2.43. The van der Waals surface area contributed by atoms with Gasteiger partial charge in [-0.2, -0.15) is 0 Å². The molecule has 0 aliphatic heterocycles. The third-order valence-electron chi connectivity index (χ3n) is 0.600. The Morgan fingerprint density at radius 2 is 1.85 bits per heavy atom. The van der Waals surface area contributed by atoms with E-state index in [4.69, 9.17) is 5.11 Å². The van der Waals surface area contributed by atoms with Crippen LogP contribution in [0.15, 0.2) is 12.2 Å². The number of aliphatic carboxylic acids is 1. The average Bonchev–Trinajstić information content (AvgIpc) is 1.87. The summed E-state index contributed by atoms with van der Waals surface area (Å²) in [5.74, 6) is -0.935. The van der Waals surface area contributed by atoms with Crippen molar-refractivity contribution in [1.29, 1.82) is 0 Å². The van der Waals surface area contributed by atoms with Crippen LogP contribution in [0.4, 0.5) is 0 Å². The van der Waals surface area contributed by atoms with E-state index >= 15 is 0 Å². The van der Waals surface area contributed by atoms with Crippen LogP contribution in [-0.2, 0) is 20.0 Å². The number of hydrogen-bond donors (Lipinski definition) is 2. The SMILES string of the molecule is C=C(C)C(=O)O.CCO[SH](=O)=O.[NaH]. The van der Waals surface area contributed by atoms with Crippen LogP contribution in [0, 0.1) is 0 Å². The van der Waals surface area contributed by atoms with Gasteiger partial charge in [-0.05, 0) is 13.8 Å². The molecule has 0 spiro atoms. The molecule has 0 saturated carbocycles. The molecule has 7 heteroatoms. The molecular formula is C6H13NaO5S. The molecule has 0 aliphatic rings. The van der Waals surface area contributed by atoms with Gasteiger partial charge in [-0.25, -0.2) is 13.2 Å². The quantitative estimate of drug-likeness (QED) is 0.382. The van der Waals surface area contributed by atoms with Crippen LogP contribution in [0.1, 0.15) is 13.8 Å². The predicted molar refractivity (Wildman–Crippen MR) is 51.5 cm³/mol. The van der Waals surface area contributed by atoms with Gasteiger partial charge in [0.25, 0.3) is 11.0 Å². The maximum atomic E-state index is 9.60. The molecule has 0 radical (unpaired) electrons. The minimum absolute atomic E-state index is 0. The van der Waals surface area contributed by atoms with Crippen LogP contribution < -0.4 is 0 Å². The van der Waals surface area contributed by atoms with Crippen molar-refractivity contribution in [3.8, 4) is 0 Å². The van der Waals surface area contributed by atoms with E-state index < -0.39 is 17.0 Å². The summed E-state index contributed by atoms with van der Waals surface area (Å²) in [4.78, 5) is 9.60. The van der Waals surface area contributed by atoms with E-state index in [1.165, 1.54) is 6.92 Å². The Bertz CT molecular complexity index is 203. The molecule has 0 heterocycles. The van der Waals surface area contributed by atoms with E-state index in [0.717, 1.165) is 0 Å². The van der Waals surface area contributed by atoms with Crippen molar-refractivity contribution in [2.24, 2.45) is 0 Å². The zero-order valence-electron chi connectivity index (χ0n) is 6.94. The molecule has 0 rings (SSSR count). The monoisotopic (exact) mass is 220 g/mol. The first-order valence-corrected chi connectivity index (χ1v) is 4.17.